The van der Waals surface area contributed by atoms with Crippen LogP contribution in [0.4, 0.5) is 13.2 Å². The number of aromatic nitrogens is 1. The number of nitrogens with one attached hydrogen (secondary N) is 1. The molecule has 1 N–H and O–H groups in total. The minimum absolute atomic E-state index is 0.0452. The van der Waals surface area contributed by atoms with Crippen LogP contribution in [-0.4, -0.2) is 17.2 Å². The van der Waals surface area contributed by atoms with Crippen LogP contribution in [0, 0.1) is 0 Å². The molecule has 6 heteroatoms. The van der Waals surface area contributed by atoms with Crippen LogP contribution in [0.5, 0.6) is 0 Å². The highest BCUT2D eigenvalue weighted by molar-refractivity contribution is 5.10. The number of hydrogen-bond acceptors (Lipinski definition) is 2. The molecule has 1 aliphatic heterocycles. The zero-order valence-corrected chi connectivity index (χ0v) is 9.13. The van der Waals surface area contributed by atoms with Gasteiger partial charge in [-0.15, -0.1) is 0 Å². The lowest BCUT2D eigenvalue weighted by molar-refractivity contribution is -0.144. The van der Waals surface area contributed by atoms with Gasteiger partial charge in [0.2, 0.25) is 0 Å². The molecular weight excluding hydrogens is 233 g/mol. The molecule has 1 saturated heterocycles. The number of halogens is 3. The van der Waals surface area contributed by atoms with E-state index in [2.05, 4.69) is 5.32 Å². The first kappa shape index (κ1) is 12.2. The summed E-state index contributed by atoms with van der Waals surface area (Å²) in [6.45, 7) is 0.877. The van der Waals surface area contributed by atoms with Gasteiger partial charge in [0.25, 0.3) is 5.56 Å². The highest BCUT2D eigenvalue weighted by Gasteiger charge is 2.34. The van der Waals surface area contributed by atoms with Gasteiger partial charge in [-0.3, -0.25) is 4.79 Å². The fraction of sp³-hybridized carbons (Fsp3) is 0.545. The Balaban J connectivity index is 2.33. The molecule has 0 spiro atoms. The van der Waals surface area contributed by atoms with Gasteiger partial charge in [-0.05, 0) is 25.5 Å². The molecule has 2 rings (SSSR count). The smallest absolute Gasteiger partial charge is 0.312 e. The predicted molar refractivity (Wildman–Crippen MR) is 56.7 cm³/mol. The molecule has 1 aromatic heterocycles. The van der Waals surface area contributed by atoms with Crippen molar-refractivity contribution in [2.24, 2.45) is 0 Å². The van der Waals surface area contributed by atoms with Crippen LogP contribution in [0.25, 0.3) is 0 Å². The SMILES string of the molecule is O=c1cccc(C(F)(F)F)n1C[C@@H]1CCCN1. The van der Waals surface area contributed by atoms with Gasteiger partial charge in [-0.1, -0.05) is 6.07 Å². The first-order valence-corrected chi connectivity index (χ1v) is 5.49. The number of pyridine rings is 1. The summed E-state index contributed by atoms with van der Waals surface area (Å²) in [7, 11) is 0. The molecule has 0 amide bonds. The number of alkyl halides is 3. The van der Waals surface area contributed by atoms with E-state index in [1.165, 1.54) is 0 Å². The van der Waals surface area contributed by atoms with Gasteiger partial charge in [-0.2, -0.15) is 13.2 Å². The normalized spacial score (nSPS) is 20.8. The molecule has 1 fully saturated rings. The van der Waals surface area contributed by atoms with Crippen LogP contribution < -0.4 is 10.9 Å². The average Bonchev–Trinajstić information content (AvgIpc) is 2.72. The fourth-order valence-corrected chi connectivity index (χ4v) is 2.09. The Morgan fingerprint density at radius 2 is 2.18 bits per heavy atom. The quantitative estimate of drug-likeness (QED) is 0.860. The van der Waals surface area contributed by atoms with Crippen molar-refractivity contribution in [3.8, 4) is 0 Å². The van der Waals surface area contributed by atoms with Gasteiger partial charge in [-0.25, -0.2) is 0 Å². The zero-order chi connectivity index (χ0) is 12.5. The van der Waals surface area contributed by atoms with Gasteiger partial charge in [0.15, 0.2) is 0 Å². The van der Waals surface area contributed by atoms with Gasteiger partial charge in [0.05, 0.1) is 0 Å². The second kappa shape index (κ2) is 4.52. The van der Waals surface area contributed by atoms with E-state index < -0.39 is 17.4 Å². The summed E-state index contributed by atoms with van der Waals surface area (Å²) >= 11 is 0. The van der Waals surface area contributed by atoms with E-state index in [0.717, 1.165) is 42.2 Å². The predicted octanol–water partition coefficient (Wildman–Crippen LogP) is 1.62. The standard InChI is InChI=1S/C11H13F3N2O/c12-11(13,14)9-4-1-5-10(17)16(9)7-8-3-2-6-15-8/h1,4-5,8,15H,2-3,6-7H2/t8-/m0/s1. The first-order valence-electron chi connectivity index (χ1n) is 5.49. The third-order valence-electron chi connectivity index (χ3n) is 2.91. The first-order chi connectivity index (χ1) is 7.98. The third-order valence-corrected chi connectivity index (χ3v) is 2.91. The molecule has 0 bridgehead atoms. The second-order valence-corrected chi connectivity index (χ2v) is 4.15. The summed E-state index contributed by atoms with van der Waals surface area (Å²) in [4.78, 5) is 11.5. The largest absolute Gasteiger partial charge is 0.431 e. The van der Waals surface area contributed by atoms with Crippen molar-refractivity contribution in [1.82, 2.24) is 9.88 Å². The molecule has 0 unspecified atom stereocenters. The van der Waals surface area contributed by atoms with Crippen molar-refractivity contribution in [2.45, 2.75) is 31.6 Å². The van der Waals surface area contributed by atoms with Crippen molar-refractivity contribution < 1.29 is 13.2 Å². The Morgan fingerprint density at radius 3 is 2.76 bits per heavy atom. The van der Waals surface area contributed by atoms with Crippen LogP contribution in [-0.2, 0) is 12.7 Å². The van der Waals surface area contributed by atoms with E-state index in [1.54, 1.807) is 0 Å². The minimum Gasteiger partial charge on any atom is -0.312 e. The van der Waals surface area contributed by atoms with Crippen LogP contribution >= 0.6 is 0 Å². The van der Waals surface area contributed by atoms with Gasteiger partial charge in [0, 0.05) is 18.7 Å². The van der Waals surface area contributed by atoms with E-state index in [9.17, 15) is 18.0 Å². The molecular formula is C11H13F3N2O. The molecule has 1 aliphatic rings. The summed E-state index contributed by atoms with van der Waals surface area (Å²) in [5, 5.41) is 3.08. The summed E-state index contributed by atoms with van der Waals surface area (Å²) in [5.74, 6) is 0. The van der Waals surface area contributed by atoms with Crippen LogP contribution in [0.3, 0.4) is 0 Å². The Bertz CT molecular complexity index is 447. The van der Waals surface area contributed by atoms with Gasteiger partial charge >= 0.3 is 6.18 Å². The number of hydrogen-bond donors (Lipinski definition) is 1. The van der Waals surface area contributed by atoms with Gasteiger partial charge in [0.1, 0.15) is 5.69 Å². The van der Waals surface area contributed by atoms with E-state index in [0.29, 0.717) is 0 Å². The van der Waals surface area contributed by atoms with Crippen LogP contribution in [0.1, 0.15) is 18.5 Å². The summed E-state index contributed by atoms with van der Waals surface area (Å²) in [6, 6.07) is 3.20. The maximum absolute atomic E-state index is 12.7. The fourth-order valence-electron chi connectivity index (χ4n) is 2.09. The minimum atomic E-state index is -4.49. The third kappa shape index (κ3) is 2.69. The van der Waals surface area contributed by atoms with Crippen molar-refractivity contribution in [3.05, 3.63) is 34.2 Å². The Hall–Kier alpha value is -1.30. The topological polar surface area (TPSA) is 34.0 Å². The highest BCUT2D eigenvalue weighted by atomic mass is 19.4. The number of nitrogens with zero attached hydrogens (tertiary/aromatic N) is 1. The van der Waals surface area contributed by atoms with E-state index in [4.69, 9.17) is 0 Å². The summed E-state index contributed by atoms with van der Waals surface area (Å²) in [5.41, 5.74) is -1.48. The van der Waals surface area contributed by atoms with Crippen molar-refractivity contribution >= 4 is 0 Å². The second-order valence-electron chi connectivity index (χ2n) is 4.15. The number of rotatable bonds is 2. The Kier molecular flexibility index (Phi) is 3.24. The van der Waals surface area contributed by atoms with Crippen molar-refractivity contribution in [3.63, 3.8) is 0 Å². The van der Waals surface area contributed by atoms with Crippen LogP contribution in [0.2, 0.25) is 0 Å². The molecule has 0 radical (unpaired) electrons. The molecule has 0 saturated carbocycles. The molecule has 0 aliphatic carbocycles. The lowest BCUT2D eigenvalue weighted by Crippen LogP contribution is -2.35. The lowest BCUT2D eigenvalue weighted by atomic mass is 10.2. The summed E-state index contributed by atoms with van der Waals surface area (Å²) in [6.07, 6.45) is -2.74. The molecule has 17 heavy (non-hydrogen) atoms. The van der Waals surface area contributed by atoms with Crippen molar-refractivity contribution in [1.29, 1.82) is 0 Å². The lowest BCUT2D eigenvalue weighted by Gasteiger charge is -2.18. The Labute approximate surface area is 96.3 Å². The maximum Gasteiger partial charge on any atom is 0.431 e. The van der Waals surface area contributed by atoms with Crippen LogP contribution in [0.15, 0.2) is 23.0 Å². The monoisotopic (exact) mass is 246 g/mol. The molecule has 0 aromatic carbocycles. The zero-order valence-electron chi connectivity index (χ0n) is 9.13. The molecule has 1 atom stereocenters. The molecule has 1 aromatic rings. The van der Waals surface area contributed by atoms with E-state index >= 15 is 0 Å². The molecule has 94 valence electrons. The van der Waals surface area contributed by atoms with Crippen molar-refractivity contribution in [2.75, 3.05) is 6.54 Å². The Morgan fingerprint density at radius 1 is 1.41 bits per heavy atom. The molecule has 2 heterocycles. The summed E-state index contributed by atoms with van der Waals surface area (Å²) < 4.78 is 39.0. The van der Waals surface area contributed by atoms with E-state index in [1.807, 2.05) is 0 Å². The average molecular weight is 246 g/mol. The van der Waals surface area contributed by atoms with Gasteiger partial charge < -0.3 is 9.88 Å². The highest BCUT2D eigenvalue weighted by Crippen LogP contribution is 2.28. The van der Waals surface area contributed by atoms with E-state index in [-0.39, 0.29) is 12.6 Å². The molecule has 3 nitrogen and oxygen atoms in total. The maximum atomic E-state index is 12.7.